The number of nitrogens with one attached hydrogen (secondary N) is 1. The lowest BCUT2D eigenvalue weighted by atomic mass is 10.1. The van der Waals surface area contributed by atoms with E-state index in [-0.39, 0.29) is 5.91 Å². The summed E-state index contributed by atoms with van der Waals surface area (Å²) in [5, 5.41) is 3.55. The smallest absolute Gasteiger partial charge is 0.251 e. The molecule has 0 saturated carbocycles. The highest BCUT2D eigenvalue weighted by Crippen LogP contribution is 2.23. The SMILES string of the molecule is COc1ccc(CNC(=O)c2ccc(Cl)c(Cl)c2)cc1N. The van der Waals surface area contributed by atoms with E-state index in [2.05, 4.69) is 5.32 Å². The first kappa shape index (κ1) is 15.5. The second-order valence-corrected chi connectivity index (χ2v) is 5.20. The number of nitrogens with two attached hydrogens (primary N) is 1. The van der Waals surface area contributed by atoms with E-state index in [1.165, 1.54) is 6.07 Å². The average Bonchev–Trinajstić information content (AvgIpc) is 2.47. The van der Waals surface area contributed by atoms with Gasteiger partial charge in [-0.3, -0.25) is 4.79 Å². The van der Waals surface area contributed by atoms with E-state index in [0.29, 0.717) is 33.6 Å². The maximum Gasteiger partial charge on any atom is 0.251 e. The zero-order chi connectivity index (χ0) is 15.4. The molecule has 2 rings (SSSR count). The molecule has 6 heteroatoms. The van der Waals surface area contributed by atoms with E-state index in [9.17, 15) is 4.79 Å². The fourth-order valence-electron chi connectivity index (χ4n) is 1.82. The summed E-state index contributed by atoms with van der Waals surface area (Å²) in [6.07, 6.45) is 0. The third kappa shape index (κ3) is 3.80. The van der Waals surface area contributed by atoms with E-state index in [4.69, 9.17) is 33.7 Å². The molecular formula is C15H14Cl2N2O2. The third-order valence-corrected chi connectivity index (χ3v) is 3.67. The van der Waals surface area contributed by atoms with E-state index in [0.717, 1.165) is 5.56 Å². The molecule has 0 unspecified atom stereocenters. The van der Waals surface area contributed by atoms with Crippen LogP contribution in [0.5, 0.6) is 5.75 Å². The van der Waals surface area contributed by atoms with Gasteiger partial charge >= 0.3 is 0 Å². The Balaban J connectivity index is 2.03. The Morgan fingerprint density at radius 1 is 1.19 bits per heavy atom. The molecule has 0 radical (unpaired) electrons. The van der Waals surface area contributed by atoms with Gasteiger partial charge in [-0.15, -0.1) is 0 Å². The van der Waals surface area contributed by atoms with Gasteiger partial charge in [0, 0.05) is 12.1 Å². The number of ether oxygens (including phenoxy) is 1. The first-order valence-electron chi connectivity index (χ1n) is 6.17. The maximum atomic E-state index is 12.0. The molecule has 0 spiro atoms. The van der Waals surface area contributed by atoms with Crippen molar-refractivity contribution in [3.63, 3.8) is 0 Å². The van der Waals surface area contributed by atoms with Crippen LogP contribution in [0.3, 0.4) is 0 Å². The molecule has 0 bridgehead atoms. The van der Waals surface area contributed by atoms with Crippen molar-refractivity contribution in [1.82, 2.24) is 5.32 Å². The summed E-state index contributed by atoms with van der Waals surface area (Å²) in [6, 6.07) is 10.1. The van der Waals surface area contributed by atoms with E-state index in [1.54, 1.807) is 31.4 Å². The Hall–Kier alpha value is -1.91. The molecule has 2 aromatic rings. The van der Waals surface area contributed by atoms with Crippen molar-refractivity contribution in [3.8, 4) is 5.75 Å². The van der Waals surface area contributed by atoms with Gasteiger partial charge < -0.3 is 15.8 Å². The highest BCUT2D eigenvalue weighted by atomic mass is 35.5. The number of nitrogen functional groups attached to an aromatic ring is 1. The molecule has 110 valence electrons. The zero-order valence-electron chi connectivity index (χ0n) is 11.3. The van der Waals surface area contributed by atoms with Crippen LogP contribution in [-0.4, -0.2) is 13.0 Å². The van der Waals surface area contributed by atoms with Crippen molar-refractivity contribution in [2.24, 2.45) is 0 Å². The molecule has 2 aromatic carbocycles. The molecule has 21 heavy (non-hydrogen) atoms. The molecule has 0 aliphatic carbocycles. The number of hydrogen-bond acceptors (Lipinski definition) is 3. The normalized spacial score (nSPS) is 10.2. The Kier molecular flexibility index (Phi) is 4.94. The van der Waals surface area contributed by atoms with Crippen LogP contribution in [0.4, 0.5) is 5.69 Å². The number of methoxy groups -OCH3 is 1. The van der Waals surface area contributed by atoms with Crippen LogP contribution in [0.15, 0.2) is 36.4 Å². The van der Waals surface area contributed by atoms with Gasteiger partial charge in [0.25, 0.3) is 5.91 Å². The Bertz CT molecular complexity index is 675. The van der Waals surface area contributed by atoms with Gasteiger partial charge in [0.05, 0.1) is 22.8 Å². The number of hydrogen-bond donors (Lipinski definition) is 2. The van der Waals surface area contributed by atoms with Gasteiger partial charge in [0.15, 0.2) is 0 Å². The fraction of sp³-hybridized carbons (Fsp3) is 0.133. The van der Waals surface area contributed by atoms with Gasteiger partial charge in [-0.2, -0.15) is 0 Å². The monoisotopic (exact) mass is 324 g/mol. The minimum absolute atomic E-state index is 0.233. The lowest BCUT2D eigenvalue weighted by Crippen LogP contribution is -2.22. The van der Waals surface area contributed by atoms with Gasteiger partial charge in [-0.05, 0) is 35.9 Å². The molecule has 0 aliphatic rings. The lowest BCUT2D eigenvalue weighted by Gasteiger charge is -2.09. The fourth-order valence-corrected chi connectivity index (χ4v) is 2.11. The van der Waals surface area contributed by atoms with Crippen molar-refractivity contribution < 1.29 is 9.53 Å². The van der Waals surface area contributed by atoms with Gasteiger partial charge in [-0.25, -0.2) is 0 Å². The Morgan fingerprint density at radius 2 is 1.95 bits per heavy atom. The number of rotatable bonds is 4. The standard InChI is InChI=1S/C15H14Cl2N2O2/c1-21-14-5-2-9(6-13(14)18)8-19-15(20)10-3-4-11(16)12(17)7-10/h2-7H,8,18H2,1H3,(H,19,20). The summed E-state index contributed by atoms with van der Waals surface area (Å²) in [7, 11) is 1.55. The quantitative estimate of drug-likeness (QED) is 0.846. The van der Waals surface area contributed by atoms with Crippen LogP contribution in [-0.2, 0) is 6.54 Å². The van der Waals surface area contributed by atoms with Crippen LogP contribution in [0.2, 0.25) is 10.0 Å². The molecule has 0 heterocycles. The topological polar surface area (TPSA) is 64.3 Å². The largest absolute Gasteiger partial charge is 0.495 e. The summed E-state index contributed by atoms with van der Waals surface area (Å²) < 4.78 is 5.08. The van der Waals surface area contributed by atoms with Gasteiger partial charge in [-0.1, -0.05) is 29.3 Å². The number of halogens is 2. The average molecular weight is 325 g/mol. The van der Waals surface area contributed by atoms with Crippen LogP contribution in [0.25, 0.3) is 0 Å². The molecule has 0 aromatic heterocycles. The van der Waals surface area contributed by atoms with Crippen LogP contribution in [0.1, 0.15) is 15.9 Å². The van der Waals surface area contributed by atoms with Crippen molar-refractivity contribution in [1.29, 1.82) is 0 Å². The highest BCUT2D eigenvalue weighted by Gasteiger charge is 2.08. The first-order chi connectivity index (χ1) is 10.0. The van der Waals surface area contributed by atoms with Gasteiger partial charge in [0.1, 0.15) is 5.75 Å². The molecular weight excluding hydrogens is 311 g/mol. The molecule has 0 aliphatic heterocycles. The molecule has 0 fully saturated rings. The van der Waals surface area contributed by atoms with E-state index < -0.39 is 0 Å². The lowest BCUT2D eigenvalue weighted by molar-refractivity contribution is 0.0951. The summed E-state index contributed by atoms with van der Waals surface area (Å²) in [5.74, 6) is 0.373. The number of carbonyl (C=O) groups excluding carboxylic acids is 1. The zero-order valence-corrected chi connectivity index (χ0v) is 12.8. The van der Waals surface area contributed by atoms with Crippen molar-refractivity contribution in [3.05, 3.63) is 57.6 Å². The van der Waals surface area contributed by atoms with Crippen LogP contribution < -0.4 is 15.8 Å². The second-order valence-electron chi connectivity index (χ2n) is 4.39. The molecule has 4 nitrogen and oxygen atoms in total. The number of anilines is 1. The molecule has 0 atom stereocenters. The highest BCUT2D eigenvalue weighted by molar-refractivity contribution is 6.42. The molecule has 3 N–H and O–H groups in total. The number of amides is 1. The van der Waals surface area contributed by atoms with Crippen molar-refractivity contribution >= 4 is 34.8 Å². The number of carbonyl (C=O) groups is 1. The molecule has 1 amide bonds. The number of benzene rings is 2. The Labute approximate surface area is 132 Å². The van der Waals surface area contributed by atoms with Crippen LogP contribution >= 0.6 is 23.2 Å². The van der Waals surface area contributed by atoms with Crippen molar-refractivity contribution in [2.45, 2.75) is 6.54 Å². The minimum Gasteiger partial charge on any atom is -0.495 e. The minimum atomic E-state index is -0.233. The summed E-state index contributed by atoms with van der Waals surface area (Å²) in [4.78, 5) is 12.0. The van der Waals surface area contributed by atoms with E-state index in [1.807, 2.05) is 6.07 Å². The van der Waals surface area contributed by atoms with E-state index >= 15 is 0 Å². The summed E-state index contributed by atoms with van der Waals surface area (Å²) >= 11 is 11.7. The Morgan fingerprint density at radius 3 is 2.57 bits per heavy atom. The predicted molar refractivity (Wildman–Crippen MR) is 85.0 cm³/mol. The summed E-state index contributed by atoms with van der Waals surface area (Å²) in [6.45, 7) is 0.354. The predicted octanol–water partition coefficient (Wildman–Crippen LogP) is 3.51. The third-order valence-electron chi connectivity index (χ3n) is 2.93. The first-order valence-corrected chi connectivity index (χ1v) is 6.92. The van der Waals surface area contributed by atoms with Crippen molar-refractivity contribution in [2.75, 3.05) is 12.8 Å². The second kappa shape index (κ2) is 6.70. The van der Waals surface area contributed by atoms with Gasteiger partial charge in [0.2, 0.25) is 0 Å². The van der Waals surface area contributed by atoms with Crippen LogP contribution in [0, 0.1) is 0 Å². The summed E-state index contributed by atoms with van der Waals surface area (Å²) in [5.41, 5.74) is 7.67. The molecule has 0 saturated heterocycles. The maximum absolute atomic E-state index is 12.0.